The first-order chi connectivity index (χ1) is 6.68. The van der Waals surface area contributed by atoms with E-state index in [9.17, 15) is 0 Å². The normalized spacial score (nSPS) is 10.5. The molecule has 0 unspecified atom stereocenters. The molecule has 14 heavy (non-hydrogen) atoms. The first kappa shape index (κ1) is 9.62. The van der Waals surface area contributed by atoms with Crippen molar-refractivity contribution in [1.29, 1.82) is 0 Å². The number of halogens is 1. The van der Waals surface area contributed by atoms with Crippen molar-refractivity contribution in [2.24, 2.45) is 7.05 Å². The highest BCUT2D eigenvalue weighted by Gasteiger charge is 2.08. The summed E-state index contributed by atoms with van der Waals surface area (Å²) in [7, 11) is 1.92. The van der Waals surface area contributed by atoms with E-state index in [1.54, 1.807) is 0 Å². The van der Waals surface area contributed by atoms with Gasteiger partial charge in [-0.1, -0.05) is 23.7 Å². The Labute approximate surface area is 93.0 Å². The maximum atomic E-state index is 6.06. The van der Waals surface area contributed by atoms with Crippen molar-refractivity contribution in [1.82, 2.24) is 9.55 Å². The van der Waals surface area contributed by atoms with Crippen molar-refractivity contribution in [3.05, 3.63) is 35.5 Å². The number of hydrogen-bond acceptors (Lipinski definition) is 2. The topological polar surface area (TPSA) is 17.8 Å². The Hall–Kier alpha value is -0.930. The number of imidazole rings is 1. The van der Waals surface area contributed by atoms with Crippen LogP contribution in [0.1, 0.15) is 0 Å². The number of aromatic nitrogens is 2. The van der Waals surface area contributed by atoms with Gasteiger partial charge in [0.2, 0.25) is 0 Å². The molecule has 0 atom stereocenters. The highest BCUT2D eigenvalue weighted by Crippen LogP contribution is 2.26. The van der Waals surface area contributed by atoms with Crippen LogP contribution in [-0.4, -0.2) is 9.55 Å². The second-order valence-corrected chi connectivity index (χ2v) is 3.88. The van der Waals surface area contributed by atoms with Crippen molar-refractivity contribution in [3.8, 4) is 11.4 Å². The van der Waals surface area contributed by atoms with Gasteiger partial charge in [-0.15, -0.1) is 12.6 Å². The van der Waals surface area contributed by atoms with Gasteiger partial charge in [0.25, 0.3) is 0 Å². The van der Waals surface area contributed by atoms with E-state index in [0.29, 0.717) is 10.0 Å². The monoisotopic (exact) mass is 224 g/mol. The maximum absolute atomic E-state index is 6.06. The van der Waals surface area contributed by atoms with Crippen LogP contribution in [0.2, 0.25) is 5.02 Å². The summed E-state index contributed by atoms with van der Waals surface area (Å²) in [5.74, 6) is 0.834. The summed E-state index contributed by atoms with van der Waals surface area (Å²) >= 11 is 10.2. The van der Waals surface area contributed by atoms with Gasteiger partial charge in [-0.2, -0.15) is 0 Å². The minimum absolute atomic E-state index is 0.697. The van der Waals surface area contributed by atoms with E-state index in [-0.39, 0.29) is 0 Å². The molecule has 2 rings (SSSR count). The van der Waals surface area contributed by atoms with Crippen LogP contribution in [0, 0.1) is 0 Å². The highest BCUT2D eigenvalue weighted by atomic mass is 35.5. The van der Waals surface area contributed by atoms with E-state index in [1.165, 1.54) is 0 Å². The third kappa shape index (κ3) is 1.65. The lowest BCUT2D eigenvalue weighted by Crippen LogP contribution is -1.91. The number of nitrogens with zero attached hydrogens (tertiary/aromatic N) is 2. The quantitative estimate of drug-likeness (QED) is 0.738. The van der Waals surface area contributed by atoms with Gasteiger partial charge >= 0.3 is 0 Å². The SMILES string of the molecule is Cn1cc(S)nc1-c1ccccc1Cl. The molecule has 0 radical (unpaired) electrons. The average molecular weight is 225 g/mol. The van der Waals surface area contributed by atoms with E-state index in [4.69, 9.17) is 11.6 Å². The van der Waals surface area contributed by atoms with Gasteiger partial charge in [0.1, 0.15) is 10.9 Å². The third-order valence-electron chi connectivity index (χ3n) is 1.98. The Morgan fingerprint density at radius 2 is 2.07 bits per heavy atom. The second-order valence-electron chi connectivity index (χ2n) is 3.01. The Balaban J connectivity index is 2.60. The van der Waals surface area contributed by atoms with Crippen LogP contribution in [0.5, 0.6) is 0 Å². The summed E-state index contributed by atoms with van der Waals surface area (Å²) < 4.78 is 1.91. The molecular weight excluding hydrogens is 216 g/mol. The number of thiol groups is 1. The van der Waals surface area contributed by atoms with Crippen LogP contribution in [0.4, 0.5) is 0 Å². The number of benzene rings is 1. The minimum atomic E-state index is 0.697. The molecule has 0 saturated heterocycles. The minimum Gasteiger partial charge on any atom is -0.333 e. The van der Waals surface area contributed by atoms with E-state index in [2.05, 4.69) is 17.6 Å². The summed E-state index contributed by atoms with van der Waals surface area (Å²) in [6.45, 7) is 0. The lowest BCUT2D eigenvalue weighted by atomic mass is 10.2. The summed E-state index contributed by atoms with van der Waals surface area (Å²) in [5.41, 5.74) is 0.928. The zero-order valence-corrected chi connectivity index (χ0v) is 9.26. The van der Waals surface area contributed by atoms with E-state index < -0.39 is 0 Å². The zero-order chi connectivity index (χ0) is 10.1. The van der Waals surface area contributed by atoms with Crippen LogP contribution in [0.3, 0.4) is 0 Å². The van der Waals surface area contributed by atoms with Gasteiger partial charge in [0.05, 0.1) is 5.02 Å². The van der Waals surface area contributed by atoms with Gasteiger partial charge in [0, 0.05) is 18.8 Å². The Kier molecular flexibility index (Phi) is 2.52. The number of rotatable bonds is 1. The van der Waals surface area contributed by atoms with Gasteiger partial charge in [-0.05, 0) is 12.1 Å². The number of aryl methyl sites for hydroxylation is 1. The smallest absolute Gasteiger partial charge is 0.142 e. The lowest BCUT2D eigenvalue weighted by molar-refractivity contribution is 0.923. The Morgan fingerprint density at radius 3 is 2.64 bits per heavy atom. The fraction of sp³-hybridized carbons (Fsp3) is 0.100. The fourth-order valence-corrected chi connectivity index (χ4v) is 1.83. The predicted octanol–water partition coefficient (Wildman–Crippen LogP) is 3.03. The zero-order valence-electron chi connectivity index (χ0n) is 7.61. The van der Waals surface area contributed by atoms with E-state index in [1.807, 2.05) is 42.1 Å². The lowest BCUT2D eigenvalue weighted by Gasteiger charge is -2.02. The number of hydrogen-bond donors (Lipinski definition) is 1. The molecule has 1 heterocycles. The summed E-state index contributed by atoms with van der Waals surface area (Å²) in [4.78, 5) is 4.28. The Morgan fingerprint density at radius 1 is 1.36 bits per heavy atom. The van der Waals surface area contributed by atoms with Gasteiger partial charge < -0.3 is 4.57 Å². The van der Waals surface area contributed by atoms with Crippen molar-refractivity contribution < 1.29 is 0 Å². The molecule has 0 bridgehead atoms. The van der Waals surface area contributed by atoms with Gasteiger partial charge in [-0.3, -0.25) is 0 Å². The van der Waals surface area contributed by atoms with Crippen molar-refractivity contribution in [3.63, 3.8) is 0 Å². The molecule has 0 N–H and O–H groups in total. The first-order valence-electron chi connectivity index (χ1n) is 4.15. The summed E-state index contributed by atoms with van der Waals surface area (Å²) in [6.07, 6.45) is 1.85. The molecule has 2 aromatic rings. The molecular formula is C10H9ClN2S. The molecule has 0 aliphatic heterocycles. The summed E-state index contributed by atoms with van der Waals surface area (Å²) in [5, 5.41) is 1.40. The highest BCUT2D eigenvalue weighted by molar-refractivity contribution is 7.80. The largest absolute Gasteiger partial charge is 0.333 e. The van der Waals surface area contributed by atoms with Crippen molar-refractivity contribution in [2.75, 3.05) is 0 Å². The Bertz CT molecular complexity index is 465. The first-order valence-corrected chi connectivity index (χ1v) is 4.98. The standard InChI is InChI=1S/C10H9ClN2S/c1-13-6-9(14)12-10(13)7-4-2-3-5-8(7)11/h2-6,14H,1H3. The predicted molar refractivity (Wildman–Crippen MR) is 60.9 cm³/mol. The van der Waals surface area contributed by atoms with Crippen molar-refractivity contribution in [2.45, 2.75) is 5.03 Å². The fourth-order valence-electron chi connectivity index (χ4n) is 1.34. The van der Waals surface area contributed by atoms with Crippen LogP contribution in [0.25, 0.3) is 11.4 Å². The van der Waals surface area contributed by atoms with Crippen LogP contribution in [0.15, 0.2) is 35.5 Å². The van der Waals surface area contributed by atoms with E-state index in [0.717, 1.165) is 11.4 Å². The molecule has 72 valence electrons. The molecule has 0 aliphatic carbocycles. The van der Waals surface area contributed by atoms with Crippen molar-refractivity contribution >= 4 is 24.2 Å². The van der Waals surface area contributed by atoms with Gasteiger partial charge in [0.15, 0.2) is 0 Å². The maximum Gasteiger partial charge on any atom is 0.142 e. The molecule has 0 spiro atoms. The average Bonchev–Trinajstić information content (AvgIpc) is 2.46. The third-order valence-corrected chi connectivity index (χ3v) is 2.52. The molecule has 0 saturated carbocycles. The molecule has 1 aromatic heterocycles. The van der Waals surface area contributed by atoms with E-state index >= 15 is 0 Å². The molecule has 1 aromatic carbocycles. The van der Waals surface area contributed by atoms with Crippen LogP contribution >= 0.6 is 24.2 Å². The second kappa shape index (κ2) is 3.67. The summed E-state index contributed by atoms with van der Waals surface area (Å²) in [6, 6.07) is 7.63. The molecule has 0 fully saturated rings. The molecule has 0 amide bonds. The van der Waals surface area contributed by atoms with Crippen LogP contribution < -0.4 is 0 Å². The molecule has 2 nitrogen and oxygen atoms in total. The van der Waals surface area contributed by atoms with Crippen LogP contribution in [-0.2, 0) is 7.05 Å². The molecule has 4 heteroatoms. The van der Waals surface area contributed by atoms with Gasteiger partial charge in [-0.25, -0.2) is 4.98 Å². The molecule has 0 aliphatic rings.